The molecule has 26 heavy (non-hydrogen) atoms. The molecule has 0 atom stereocenters. The van der Waals surface area contributed by atoms with Gasteiger partial charge in [-0.3, -0.25) is 4.79 Å². The summed E-state index contributed by atoms with van der Waals surface area (Å²) in [4.78, 5) is 28.0. The summed E-state index contributed by atoms with van der Waals surface area (Å²) in [6.45, 7) is 4.44. The lowest BCUT2D eigenvalue weighted by atomic mass is 10.1. The van der Waals surface area contributed by atoms with Gasteiger partial charge in [0.2, 0.25) is 5.91 Å². The summed E-state index contributed by atoms with van der Waals surface area (Å²) in [5, 5.41) is 0. The Morgan fingerprint density at radius 3 is 1.96 bits per heavy atom. The van der Waals surface area contributed by atoms with Crippen LogP contribution in [0.15, 0.2) is 48.5 Å². The number of hydrogen-bond donors (Lipinski definition) is 0. The molecule has 0 aliphatic carbocycles. The van der Waals surface area contributed by atoms with Gasteiger partial charge in [0.05, 0.1) is 18.7 Å². The second kappa shape index (κ2) is 9.04. The average molecular weight is 354 g/mol. The van der Waals surface area contributed by atoms with Gasteiger partial charge in [-0.2, -0.15) is 0 Å². The van der Waals surface area contributed by atoms with Gasteiger partial charge >= 0.3 is 5.97 Å². The third-order valence-electron chi connectivity index (χ3n) is 4.09. The molecule has 0 N–H and O–H groups in total. The molecule has 0 aromatic heterocycles. The molecule has 0 unspecified atom stereocenters. The van der Waals surface area contributed by atoms with E-state index in [-0.39, 0.29) is 11.9 Å². The van der Waals surface area contributed by atoms with E-state index in [2.05, 4.69) is 0 Å². The minimum atomic E-state index is -0.355. The Kier molecular flexibility index (Phi) is 6.78. The summed E-state index contributed by atoms with van der Waals surface area (Å²) >= 11 is 0. The van der Waals surface area contributed by atoms with Gasteiger partial charge in [0.25, 0.3) is 0 Å². The zero-order valence-electron chi connectivity index (χ0n) is 15.9. The van der Waals surface area contributed by atoms with Crippen molar-refractivity contribution in [2.45, 2.75) is 26.8 Å². The number of benzene rings is 2. The molecular formula is C21H26N2O3. The Labute approximate surface area is 155 Å². The Bertz CT molecular complexity index is 737. The number of hydrogen-bond acceptors (Lipinski definition) is 4. The second-order valence-electron chi connectivity index (χ2n) is 6.16. The predicted octanol–water partition coefficient (Wildman–Crippen LogP) is 3.87. The van der Waals surface area contributed by atoms with Gasteiger partial charge in [0, 0.05) is 31.9 Å². The van der Waals surface area contributed by atoms with E-state index in [0.717, 1.165) is 16.9 Å². The van der Waals surface area contributed by atoms with Crippen molar-refractivity contribution in [1.29, 1.82) is 0 Å². The predicted molar refractivity (Wildman–Crippen MR) is 105 cm³/mol. The number of esters is 1. The molecule has 0 heterocycles. The van der Waals surface area contributed by atoms with Crippen molar-refractivity contribution in [3.05, 3.63) is 59.7 Å². The normalized spacial score (nSPS) is 10.3. The van der Waals surface area contributed by atoms with Crippen LogP contribution in [0.25, 0.3) is 0 Å². The number of nitrogens with zero attached hydrogens (tertiary/aromatic N) is 2. The first kappa shape index (κ1) is 19.5. The highest BCUT2D eigenvalue weighted by molar-refractivity contribution is 5.94. The van der Waals surface area contributed by atoms with Crippen LogP contribution in [0.3, 0.4) is 0 Å². The fraction of sp³-hybridized carbons (Fsp3) is 0.333. The fourth-order valence-corrected chi connectivity index (χ4v) is 2.59. The van der Waals surface area contributed by atoms with Crippen molar-refractivity contribution in [2.75, 3.05) is 30.5 Å². The molecule has 5 heteroatoms. The van der Waals surface area contributed by atoms with Crippen molar-refractivity contribution in [3.63, 3.8) is 0 Å². The van der Waals surface area contributed by atoms with Gasteiger partial charge in [-0.05, 0) is 48.9 Å². The smallest absolute Gasteiger partial charge is 0.338 e. The summed E-state index contributed by atoms with van der Waals surface area (Å²) < 4.78 is 5.00. The monoisotopic (exact) mass is 354 g/mol. The Morgan fingerprint density at radius 1 is 0.885 bits per heavy atom. The molecule has 0 aliphatic rings. The maximum atomic E-state index is 12.4. The molecule has 0 aliphatic heterocycles. The minimum absolute atomic E-state index is 0.0329. The van der Waals surface area contributed by atoms with Gasteiger partial charge in [0.15, 0.2) is 0 Å². The van der Waals surface area contributed by atoms with E-state index in [9.17, 15) is 9.59 Å². The molecule has 0 spiro atoms. The summed E-state index contributed by atoms with van der Waals surface area (Å²) in [7, 11) is 3.99. The van der Waals surface area contributed by atoms with E-state index < -0.39 is 0 Å². The molecule has 0 bridgehead atoms. The van der Waals surface area contributed by atoms with Crippen LogP contribution in [0.5, 0.6) is 0 Å². The quantitative estimate of drug-likeness (QED) is 0.708. The van der Waals surface area contributed by atoms with E-state index in [1.807, 2.05) is 50.2 Å². The summed E-state index contributed by atoms with van der Waals surface area (Å²) in [5.74, 6) is -0.322. The van der Waals surface area contributed by atoms with Crippen LogP contribution in [0.2, 0.25) is 0 Å². The first-order valence-corrected chi connectivity index (χ1v) is 8.80. The molecule has 1 amide bonds. The Balaban J connectivity index is 2.21. The summed E-state index contributed by atoms with van der Waals surface area (Å²) in [5.41, 5.74) is 3.41. The lowest BCUT2D eigenvalue weighted by molar-refractivity contribution is -0.118. The molecule has 0 radical (unpaired) electrons. The number of carbonyl (C=O) groups excluding carboxylic acids is 2. The molecule has 2 rings (SSSR count). The van der Waals surface area contributed by atoms with Gasteiger partial charge in [0.1, 0.15) is 0 Å². The lowest BCUT2D eigenvalue weighted by Crippen LogP contribution is -2.29. The zero-order valence-corrected chi connectivity index (χ0v) is 15.9. The number of ether oxygens (including phenoxy) is 1. The van der Waals surface area contributed by atoms with Gasteiger partial charge < -0.3 is 14.5 Å². The highest BCUT2D eigenvalue weighted by Gasteiger charge is 2.16. The van der Waals surface area contributed by atoms with Crippen molar-refractivity contribution in [3.8, 4) is 0 Å². The van der Waals surface area contributed by atoms with Crippen molar-refractivity contribution < 1.29 is 14.3 Å². The molecular weight excluding hydrogens is 328 g/mol. The molecule has 0 saturated carbocycles. The molecule has 0 saturated heterocycles. The maximum absolute atomic E-state index is 12.4. The van der Waals surface area contributed by atoms with Crippen LogP contribution >= 0.6 is 0 Å². The summed E-state index contributed by atoms with van der Waals surface area (Å²) in [6, 6.07) is 15.1. The molecule has 138 valence electrons. The SMILES string of the molecule is CCOC(=O)c1ccc(N(Cc2ccc(N(C)C)cc2)C(=O)CC)cc1. The van der Waals surface area contributed by atoms with E-state index in [0.29, 0.717) is 25.1 Å². The molecule has 2 aromatic rings. The zero-order chi connectivity index (χ0) is 19.1. The summed E-state index contributed by atoms with van der Waals surface area (Å²) in [6.07, 6.45) is 0.412. The van der Waals surface area contributed by atoms with Crippen molar-refractivity contribution in [1.82, 2.24) is 0 Å². The third-order valence-corrected chi connectivity index (χ3v) is 4.09. The van der Waals surface area contributed by atoms with Gasteiger partial charge in [-0.1, -0.05) is 19.1 Å². The van der Waals surface area contributed by atoms with E-state index >= 15 is 0 Å². The van der Waals surface area contributed by atoms with Gasteiger partial charge in [-0.25, -0.2) is 4.79 Å². The molecule has 5 nitrogen and oxygen atoms in total. The van der Waals surface area contributed by atoms with Crippen LogP contribution in [0.4, 0.5) is 11.4 Å². The maximum Gasteiger partial charge on any atom is 0.338 e. The topological polar surface area (TPSA) is 49.9 Å². The molecule has 0 fully saturated rings. The Hall–Kier alpha value is -2.82. The highest BCUT2D eigenvalue weighted by Crippen LogP contribution is 2.21. The van der Waals surface area contributed by atoms with Crippen LogP contribution in [-0.4, -0.2) is 32.6 Å². The fourth-order valence-electron chi connectivity index (χ4n) is 2.59. The van der Waals surface area contributed by atoms with Crippen LogP contribution in [0.1, 0.15) is 36.2 Å². The number of anilines is 2. The lowest BCUT2D eigenvalue weighted by Gasteiger charge is -2.23. The van der Waals surface area contributed by atoms with Crippen LogP contribution in [-0.2, 0) is 16.1 Å². The first-order chi connectivity index (χ1) is 12.5. The second-order valence-corrected chi connectivity index (χ2v) is 6.16. The number of carbonyl (C=O) groups is 2. The van der Waals surface area contributed by atoms with E-state index in [1.165, 1.54) is 0 Å². The van der Waals surface area contributed by atoms with Crippen molar-refractivity contribution in [2.24, 2.45) is 0 Å². The van der Waals surface area contributed by atoms with E-state index in [4.69, 9.17) is 4.74 Å². The Morgan fingerprint density at radius 2 is 1.46 bits per heavy atom. The first-order valence-electron chi connectivity index (χ1n) is 8.80. The third kappa shape index (κ3) is 4.85. The molecule has 2 aromatic carbocycles. The van der Waals surface area contributed by atoms with E-state index in [1.54, 1.807) is 36.1 Å². The average Bonchev–Trinajstić information content (AvgIpc) is 2.66. The van der Waals surface area contributed by atoms with Crippen LogP contribution < -0.4 is 9.80 Å². The standard InChI is InChI=1S/C21H26N2O3/c1-5-20(24)23(15-16-7-11-18(12-8-16)22(3)4)19-13-9-17(10-14-19)21(25)26-6-2/h7-14H,5-6,15H2,1-4H3. The minimum Gasteiger partial charge on any atom is -0.462 e. The largest absolute Gasteiger partial charge is 0.462 e. The van der Waals surface area contributed by atoms with Crippen molar-refractivity contribution >= 4 is 23.3 Å². The highest BCUT2D eigenvalue weighted by atomic mass is 16.5. The van der Waals surface area contributed by atoms with Gasteiger partial charge in [-0.15, -0.1) is 0 Å². The number of amides is 1. The van der Waals surface area contributed by atoms with Crippen LogP contribution in [0, 0.1) is 0 Å². The number of rotatable bonds is 7.